The number of amides is 1. The molecule has 6 rings (SSSR count). The number of ether oxygens (including phenoxy) is 2. The van der Waals surface area contributed by atoms with Gasteiger partial charge in [-0.1, -0.05) is 12.1 Å². The Hall–Kier alpha value is -4.41. The van der Waals surface area contributed by atoms with Crippen LogP contribution in [0.5, 0.6) is 11.5 Å². The number of fused-ring (bicyclic) bond motifs is 2. The number of hydrogen-bond donors (Lipinski definition) is 2. The zero-order valence-corrected chi connectivity index (χ0v) is 19.7. The van der Waals surface area contributed by atoms with Crippen molar-refractivity contribution in [3.63, 3.8) is 0 Å². The van der Waals surface area contributed by atoms with Crippen LogP contribution in [0.2, 0.25) is 0 Å². The summed E-state index contributed by atoms with van der Waals surface area (Å²) in [4.78, 5) is 32.2. The van der Waals surface area contributed by atoms with Crippen LogP contribution in [-0.4, -0.2) is 55.2 Å². The lowest BCUT2D eigenvalue weighted by Gasteiger charge is -2.16. The Morgan fingerprint density at radius 3 is 2.78 bits per heavy atom. The lowest BCUT2D eigenvalue weighted by molar-refractivity contribution is -0.127. The van der Waals surface area contributed by atoms with E-state index < -0.39 is 0 Å². The van der Waals surface area contributed by atoms with Crippen molar-refractivity contribution in [1.82, 2.24) is 29.4 Å². The van der Waals surface area contributed by atoms with Gasteiger partial charge in [-0.2, -0.15) is 9.97 Å². The number of hydrogen-bond acceptors (Lipinski definition) is 9. The summed E-state index contributed by atoms with van der Waals surface area (Å²) in [5, 5.41) is 6.71. The molecule has 4 aromatic rings. The molecule has 36 heavy (non-hydrogen) atoms. The number of anilines is 2. The lowest BCUT2D eigenvalue weighted by Crippen LogP contribution is -2.28. The SMILES string of the molecule is O=C1CCCN1CCn1cnc2c(NCc3cccnc3)nc(NCc3ccc4c(c3)OCO4)nc21. The molecular weight excluding hydrogens is 460 g/mol. The number of likely N-dealkylation sites (tertiary alicyclic amines) is 1. The van der Waals surface area contributed by atoms with Gasteiger partial charge >= 0.3 is 0 Å². The Balaban J connectivity index is 1.25. The minimum atomic E-state index is 0.207. The standard InChI is InChI=1S/C25H26N8O3/c34-21-4-2-8-32(21)9-10-33-15-29-22-23(27-14-18-3-1-7-26-12-18)30-25(31-24(22)33)28-13-17-5-6-19-20(11-17)36-16-35-19/h1,3,5-7,11-12,15H,2,4,8-10,13-14,16H2,(H2,27,28,30,31). The van der Waals surface area contributed by atoms with Crippen LogP contribution in [0.1, 0.15) is 24.0 Å². The van der Waals surface area contributed by atoms with E-state index in [9.17, 15) is 4.79 Å². The highest BCUT2D eigenvalue weighted by atomic mass is 16.7. The molecule has 11 nitrogen and oxygen atoms in total. The molecule has 5 heterocycles. The number of rotatable bonds is 9. The fourth-order valence-corrected chi connectivity index (χ4v) is 4.40. The number of nitrogens with zero attached hydrogens (tertiary/aromatic N) is 6. The van der Waals surface area contributed by atoms with Crippen molar-refractivity contribution in [1.29, 1.82) is 0 Å². The molecule has 1 aromatic carbocycles. The maximum atomic E-state index is 12.0. The van der Waals surface area contributed by atoms with Crippen LogP contribution in [-0.2, 0) is 24.4 Å². The molecule has 184 valence electrons. The van der Waals surface area contributed by atoms with E-state index in [1.165, 1.54) is 0 Å². The second-order valence-corrected chi connectivity index (χ2v) is 8.75. The molecule has 0 atom stereocenters. The Labute approximate surface area is 207 Å². The van der Waals surface area contributed by atoms with Crippen molar-refractivity contribution >= 4 is 28.8 Å². The first-order chi connectivity index (χ1) is 17.7. The molecule has 3 aromatic heterocycles. The number of imidazole rings is 1. The molecule has 0 bridgehead atoms. The van der Waals surface area contributed by atoms with Gasteiger partial charge < -0.3 is 29.6 Å². The number of carbonyl (C=O) groups is 1. The zero-order valence-electron chi connectivity index (χ0n) is 19.7. The smallest absolute Gasteiger partial charge is 0.231 e. The topological polar surface area (TPSA) is 119 Å². The molecule has 2 aliphatic heterocycles. The van der Waals surface area contributed by atoms with E-state index in [0.717, 1.165) is 35.6 Å². The molecule has 0 radical (unpaired) electrons. The van der Waals surface area contributed by atoms with Crippen molar-refractivity contribution in [3.05, 3.63) is 60.2 Å². The molecular formula is C25H26N8O3. The van der Waals surface area contributed by atoms with Gasteiger partial charge in [0.15, 0.2) is 28.5 Å². The van der Waals surface area contributed by atoms with E-state index in [2.05, 4.69) is 20.6 Å². The molecule has 0 unspecified atom stereocenters. The largest absolute Gasteiger partial charge is 0.454 e. The highest BCUT2D eigenvalue weighted by Gasteiger charge is 2.21. The first-order valence-electron chi connectivity index (χ1n) is 12.0. The van der Waals surface area contributed by atoms with E-state index in [-0.39, 0.29) is 12.7 Å². The highest BCUT2D eigenvalue weighted by molar-refractivity contribution is 5.84. The van der Waals surface area contributed by atoms with Gasteiger partial charge in [0, 0.05) is 51.5 Å². The molecule has 2 aliphatic rings. The summed E-state index contributed by atoms with van der Waals surface area (Å²) >= 11 is 0. The average molecular weight is 487 g/mol. The van der Waals surface area contributed by atoms with Gasteiger partial charge in [-0.3, -0.25) is 9.78 Å². The van der Waals surface area contributed by atoms with Gasteiger partial charge in [-0.05, 0) is 35.7 Å². The van der Waals surface area contributed by atoms with Gasteiger partial charge in [0.1, 0.15) is 0 Å². The third kappa shape index (κ3) is 4.59. The quantitative estimate of drug-likeness (QED) is 0.368. The van der Waals surface area contributed by atoms with E-state index in [0.29, 0.717) is 55.5 Å². The van der Waals surface area contributed by atoms with E-state index in [1.54, 1.807) is 12.5 Å². The lowest BCUT2D eigenvalue weighted by atomic mass is 10.2. The van der Waals surface area contributed by atoms with Crippen LogP contribution in [0.3, 0.4) is 0 Å². The Morgan fingerprint density at radius 1 is 1.00 bits per heavy atom. The van der Waals surface area contributed by atoms with E-state index >= 15 is 0 Å². The predicted molar refractivity (Wildman–Crippen MR) is 133 cm³/mol. The van der Waals surface area contributed by atoms with Crippen molar-refractivity contribution in [2.75, 3.05) is 30.5 Å². The summed E-state index contributed by atoms with van der Waals surface area (Å²) in [5.74, 6) is 2.80. The summed E-state index contributed by atoms with van der Waals surface area (Å²) in [6, 6.07) is 9.74. The minimum Gasteiger partial charge on any atom is -0.454 e. The second kappa shape index (κ2) is 9.68. The monoisotopic (exact) mass is 486 g/mol. The fraction of sp³-hybridized carbons (Fsp3) is 0.320. The van der Waals surface area contributed by atoms with Crippen LogP contribution >= 0.6 is 0 Å². The summed E-state index contributed by atoms with van der Waals surface area (Å²) in [5.41, 5.74) is 3.44. The number of aromatic nitrogens is 5. The van der Waals surface area contributed by atoms with Crippen LogP contribution in [0, 0.1) is 0 Å². The number of carbonyl (C=O) groups excluding carboxylic acids is 1. The molecule has 0 saturated carbocycles. The molecule has 11 heteroatoms. The molecule has 0 aliphatic carbocycles. The van der Waals surface area contributed by atoms with Crippen molar-refractivity contribution in [2.45, 2.75) is 32.5 Å². The molecule has 2 N–H and O–H groups in total. The van der Waals surface area contributed by atoms with Gasteiger partial charge in [0.25, 0.3) is 0 Å². The van der Waals surface area contributed by atoms with E-state index in [1.807, 2.05) is 46.0 Å². The zero-order chi connectivity index (χ0) is 24.3. The Bertz CT molecular complexity index is 1390. The second-order valence-electron chi connectivity index (χ2n) is 8.75. The third-order valence-corrected chi connectivity index (χ3v) is 6.32. The predicted octanol–water partition coefficient (Wildman–Crippen LogP) is 2.80. The Kier molecular flexibility index (Phi) is 5.94. The van der Waals surface area contributed by atoms with Gasteiger partial charge in [-0.15, -0.1) is 0 Å². The van der Waals surface area contributed by atoms with Crippen LogP contribution < -0.4 is 20.1 Å². The van der Waals surface area contributed by atoms with E-state index in [4.69, 9.17) is 19.4 Å². The van der Waals surface area contributed by atoms with Gasteiger partial charge in [-0.25, -0.2) is 4.98 Å². The highest BCUT2D eigenvalue weighted by Crippen LogP contribution is 2.32. The summed E-state index contributed by atoms with van der Waals surface area (Å²) in [7, 11) is 0. The van der Waals surface area contributed by atoms with Gasteiger partial charge in [0.05, 0.1) is 6.33 Å². The third-order valence-electron chi connectivity index (χ3n) is 6.32. The van der Waals surface area contributed by atoms with Gasteiger partial charge in [0.2, 0.25) is 18.6 Å². The number of pyridine rings is 1. The van der Waals surface area contributed by atoms with Crippen LogP contribution in [0.25, 0.3) is 11.2 Å². The number of benzene rings is 1. The first kappa shape index (κ1) is 22.1. The van der Waals surface area contributed by atoms with Crippen LogP contribution in [0.15, 0.2) is 49.1 Å². The minimum absolute atomic E-state index is 0.207. The normalized spacial score (nSPS) is 14.6. The maximum absolute atomic E-state index is 12.0. The summed E-state index contributed by atoms with van der Waals surface area (Å²) < 4.78 is 12.9. The fourth-order valence-electron chi connectivity index (χ4n) is 4.40. The van der Waals surface area contributed by atoms with Crippen molar-refractivity contribution in [3.8, 4) is 11.5 Å². The molecule has 0 spiro atoms. The molecule has 1 fully saturated rings. The first-order valence-corrected chi connectivity index (χ1v) is 12.0. The van der Waals surface area contributed by atoms with Crippen molar-refractivity contribution in [2.24, 2.45) is 0 Å². The molecule has 1 amide bonds. The number of nitrogens with one attached hydrogen (secondary N) is 2. The van der Waals surface area contributed by atoms with Crippen molar-refractivity contribution < 1.29 is 14.3 Å². The maximum Gasteiger partial charge on any atom is 0.231 e. The molecule has 1 saturated heterocycles. The average Bonchev–Trinajstić information content (AvgIpc) is 3.65. The Morgan fingerprint density at radius 2 is 1.92 bits per heavy atom. The summed E-state index contributed by atoms with van der Waals surface area (Å²) in [6.07, 6.45) is 6.87. The summed E-state index contributed by atoms with van der Waals surface area (Å²) in [6.45, 7) is 3.36. The van der Waals surface area contributed by atoms with Crippen LogP contribution in [0.4, 0.5) is 11.8 Å².